The van der Waals surface area contributed by atoms with Crippen LogP contribution in [0, 0.1) is 0 Å². The Morgan fingerprint density at radius 2 is 1.76 bits per heavy atom. The van der Waals surface area contributed by atoms with Crippen molar-refractivity contribution in [1.29, 1.82) is 0 Å². The second kappa shape index (κ2) is 7.54. The van der Waals surface area contributed by atoms with E-state index >= 15 is 0 Å². The third kappa shape index (κ3) is 5.91. The first-order valence-electron chi connectivity index (χ1n) is 6.78. The minimum absolute atomic E-state index is 0.472. The summed E-state index contributed by atoms with van der Waals surface area (Å²) < 4.78 is 0. The van der Waals surface area contributed by atoms with Gasteiger partial charge in [0.25, 0.3) is 0 Å². The third-order valence-corrected chi connectivity index (χ3v) is 3.38. The summed E-state index contributed by atoms with van der Waals surface area (Å²) in [5.74, 6) is 0.718. The molecule has 0 aliphatic heterocycles. The van der Waals surface area contributed by atoms with Crippen LogP contribution in [-0.2, 0) is 0 Å². The van der Waals surface area contributed by atoms with Gasteiger partial charge in [0.2, 0.25) is 0 Å². The van der Waals surface area contributed by atoms with Gasteiger partial charge in [0.05, 0.1) is 6.04 Å². The zero-order chi connectivity index (χ0) is 12.7. The van der Waals surface area contributed by atoms with E-state index in [0.29, 0.717) is 6.04 Å². The molecule has 1 aliphatic rings. The number of nitrogens with zero attached hydrogens (tertiary/aromatic N) is 3. The van der Waals surface area contributed by atoms with Gasteiger partial charge in [-0.15, -0.1) is 0 Å². The van der Waals surface area contributed by atoms with Gasteiger partial charge in [0.1, 0.15) is 0 Å². The smallest absolute Gasteiger partial charge is 0.191 e. The molecule has 0 bridgehead atoms. The van der Waals surface area contributed by atoms with Gasteiger partial charge < -0.3 is 15.5 Å². The van der Waals surface area contributed by atoms with Gasteiger partial charge in [0.15, 0.2) is 5.96 Å². The molecule has 1 aliphatic carbocycles. The Labute approximate surface area is 106 Å². The maximum atomic E-state index is 6.03. The zero-order valence-electron chi connectivity index (χ0n) is 11.7. The predicted octanol–water partition coefficient (Wildman–Crippen LogP) is 1.52. The van der Waals surface area contributed by atoms with Gasteiger partial charge in [-0.25, -0.2) is 4.99 Å². The van der Waals surface area contributed by atoms with Gasteiger partial charge >= 0.3 is 0 Å². The molecule has 0 unspecified atom stereocenters. The molecular formula is C13H28N4. The Hall–Kier alpha value is -0.770. The molecule has 1 rings (SSSR count). The molecule has 0 amide bonds. The summed E-state index contributed by atoms with van der Waals surface area (Å²) in [6, 6.07) is 0.472. The highest BCUT2D eigenvalue weighted by atomic mass is 15.2. The van der Waals surface area contributed by atoms with Crippen LogP contribution in [0.15, 0.2) is 4.99 Å². The van der Waals surface area contributed by atoms with Crippen molar-refractivity contribution in [3.05, 3.63) is 0 Å². The van der Waals surface area contributed by atoms with E-state index in [2.05, 4.69) is 28.9 Å². The first-order chi connectivity index (χ1) is 8.09. The molecule has 0 spiro atoms. The number of hydrogen-bond acceptors (Lipinski definition) is 2. The molecule has 0 radical (unpaired) electrons. The van der Waals surface area contributed by atoms with Crippen molar-refractivity contribution >= 4 is 5.96 Å². The topological polar surface area (TPSA) is 44.9 Å². The van der Waals surface area contributed by atoms with Gasteiger partial charge in [-0.3, -0.25) is 0 Å². The molecule has 17 heavy (non-hydrogen) atoms. The maximum Gasteiger partial charge on any atom is 0.191 e. The average Bonchev–Trinajstić information content (AvgIpc) is 2.29. The van der Waals surface area contributed by atoms with Gasteiger partial charge in [-0.1, -0.05) is 19.3 Å². The minimum Gasteiger partial charge on any atom is -0.370 e. The summed E-state index contributed by atoms with van der Waals surface area (Å²) in [5.41, 5.74) is 6.03. The zero-order valence-corrected chi connectivity index (χ0v) is 11.7. The molecule has 1 fully saturated rings. The first-order valence-corrected chi connectivity index (χ1v) is 6.78. The van der Waals surface area contributed by atoms with Crippen LogP contribution in [0.4, 0.5) is 0 Å². The highest BCUT2D eigenvalue weighted by Crippen LogP contribution is 2.20. The molecular weight excluding hydrogens is 212 g/mol. The standard InChI is InChI=1S/C13H28N4/c1-16(2)10-7-11-17(3)13(14)15-12-8-5-4-6-9-12/h12H,4-11H2,1-3H3,(H2,14,15). The molecule has 0 aromatic rings. The molecule has 100 valence electrons. The van der Waals surface area contributed by atoms with Crippen molar-refractivity contribution in [2.45, 2.75) is 44.6 Å². The largest absolute Gasteiger partial charge is 0.370 e. The van der Waals surface area contributed by atoms with E-state index in [1.54, 1.807) is 0 Å². The highest BCUT2D eigenvalue weighted by Gasteiger charge is 2.13. The SMILES string of the molecule is CN(C)CCCN(C)C(N)=NC1CCCCC1. The van der Waals surface area contributed by atoms with Crippen molar-refractivity contribution in [2.24, 2.45) is 10.7 Å². The Balaban J connectivity index is 2.28. The van der Waals surface area contributed by atoms with Crippen LogP contribution in [0.25, 0.3) is 0 Å². The second-order valence-electron chi connectivity index (χ2n) is 5.36. The Morgan fingerprint density at radius 1 is 1.12 bits per heavy atom. The van der Waals surface area contributed by atoms with E-state index in [4.69, 9.17) is 5.73 Å². The van der Waals surface area contributed by atoms with Crippen molar-refractivity contribution in [3.63, 3.8) is 0 Å². The van der Waals surface area contributed by atoms with Crippen LogP contribution in [0.2, 0.25) is 0 Å². The maximum absolute atomic E-state index is 6.03. The second-order valence-corrected chi connectivity index (χ2v) is 5.36. The number of guanidine groups is 1. The van der Waals surface area contributed by atoms with Crippen molar-refractivity contribution in [1.82, 2.24) is 9.80 Å². The van der Waals surface area contributed by atoms with Crippen LogP contribution in [0.1, 0.15) is 38.5 Å². The number of nitrogens with two attached hydrogens (primary N) is 1. The van der Waals surface area contributed by atoms with Gasteiger partial charge in [-0.2, -0.15) is 0 Å². The summed E-state index contributed by atoms with van der Waals surface area (Å²) in [6.07, 6.45) is 7.55. The summed E-state index contributed by atoms with van der Waals surface area (Å²) >= 11 is 0. The van der Waals surface area contributed by atoms with E-state index < -0.39 is 0 Å². The lowest BCUT2D eigenvalue weighted by Crippen LogP contribution is -2.37. The fraction of sp³-hybridized carbons (Fsp3) is 0.923. The molecule has 4 nitrogen and oxygen atoms in total. The molecule has 2 N–H and O–H groups in total. The van der Waals surface area contributed by atoms with Crippen molar-refractivity contribution in [3.8, 4) is 0 Å². The first kappa shape index (κ1) is 14.3. The van der Waals surface area contributed by atoms with E-state index in [-0.39, 0.29) is 0 Å². The lowest BCUT2D eigenvalue weighted by Gasteiger charge is -2.23. The third-order valence-electron chi connectivity index (χ3n) is 3.38. The monoisotopic (exact) mass is 240 g/mol. The Bertz CT molecular complexity index is 232. The van der Waals surface area contributed by atoms with Crippen LogP contribution in [-0.4, -0.2) is 56.0 Å². The Morgan fingerprint density at radius 3 is 2.35 bits per heavy atom. The fourth-order valence-electron chi connectivity index (χ4n) is 2.23. The Kier molecular flexibility index (Phi) is 6.34. The summed E-state index contributed by atoms with van der Waals surface area (Å²) in [6.45, 7) is 2.08. The quantitative estimate of drug-likeness (QED) is 0.585. The normalized spacial score (nSPS) is 18.7. The number of rotatable bonds is 5. The van der Waals surface area contributed by atoms with E-state index in [9.17, 15) is 0 Å². The molecule has 0 saturated heterocycles. The predicted molar refractivity (Wildman–Crippen MR) is 74.3 cm³/mol. The van der Waals surface area contributed by atoms with Gasteiger partial charge in [-0.05, 0) is 39.9 Å². The molecule has 0 atom stereocenters. The van der Waals surface area contributed by atoms with Crippen LogP contribution in [0.3, 0.4) is 0 Å². The van der Waals surface area contributed by atoms with E-state index in [0.717, 1.165) is 25.5 Å². The average molecular weight is 240 g/mol. The fourth-order valence-corrected chi connectivity index (χ4v) is 2.23. The molecule has 4 heteroatoms. The number of aliphatic imine (C=N–C) groups is 1. The molecule has 1 saturated carbocycles. The highest BCUT2D eigenvalue weighted by molar-refractivity contribution is 5.77. The van der Waals surface area contributed by atoms with E-state index in [1.165, 1.54) is 32.1 Å². The summed E-state index contributed by atoms with van der Waals surface area (Å²) in [4.78, 5) is 8.92. The van der Waals surface area contributed by atoms with E-state index in [1.807, 2.05) is 7.05 Å². The molecule has 0 heterocycles. The number of hydrogen-bond donors (Lipinski definition) is 1. The summed E-state index contributed by atoms with van der Waals surface area (Å²) in [7, 11) is 6.23. The lowest BCUT2D eigenvalue weighted by molar-refractivity contribution is 0.366. The lowest BCUT2D eigenvalue weighted by atomic mass is 9.96. The molecule has 0 aromatic heterocycles. The molecule has 0 aromatic carbocycles. The summed E-state index contributed by atoms with van der Waals surface area (Å²) in [5, 5.41) is 0. The van der Waals surface area contributed by atoms with Crippen LogP contribution in [0.5, 0.6) is 0 Å². The van der Waals surface area contributed by atoms with Crippen molar-refractivity contribution in [2.75, 3.05) is 34.2 Å². The van der Waals surface area contributed by atoms with Crippen molar-refractivity contribution < 1.29 is 0 Å². The van der Waals surface area contributed by atoms with Gasteiger partial charge in [0, 0.05) is 13.6 Å². The van der Waals surface area contributed by atoms with Crippen LogP contribution >= 0.6 is 0 Å². The van der Waals surface area contributed by atoms with Crippen LogP contribution < -0.4 is 5.73 Å². The minimum atomic E-state index is 0.472.